The fourth-order valence-corrected chi connectivity index (χ4v) is 2.18. The van der Waals surface area contributed by atoms with Gasteiger partial charge in [-0.1, -0.05) is 13.8 Å². The molecule has 0 aliphatic carbocycles. The van der Waals surface area contributed by atoms with Crippen molar-refractivity contribution in [3.63, 3.8) is 0 Å². The molecule has 1 aliphatic heterocycles. The number of nitrogens with one attached hydrogen (secondary N) is 1. The number of carbonyl (C=O) groups is 2. The zero-order valence-corrected chi connectivity index (χ0v) is 11.9. The smallest absolute Gasteiger partial charge is 0.317 e. The second kappa shape index (κ2) is 6.75. The highest BCUT2D eigenvalue weighted by Gasteiger charge is 2.47. The maximum atomic E-state index is 12.2. The molecule has 1 rings (SSSR count). The van der Waals surface area contributed by atoms with Crippen LogP contribution in [0.4, 0.5) is 4.79 Å². The molecule has 0 bridgehead atoms. The van der Waals surface area contributed by atoms with E-state index >= 15 is 0 Å². The number of aliphatic carboxylic acids is 1. The zero-order chi connectivity index (χ0) is 14.5. The third kappa shape index (κ3) is 3.59. The summed E-state index contributed by atoms with van der Waals surface area (Å²) in [4.78, 5) is 25.2. The molecule has 0 aromatic carbocycles. The van der Waals surface area contributed by atoms with Gasteiger partial charge in [-0.3, -0.25) is 4.79 Å². The van der Waals surface area contributed by atoms with Crippen LogP contribution in [0.3, 0.4) is 0 Å². The number of carboxylic acids is 1. The predicted molar refractivity (Wildman–Crippen MR) is 71.0 cm³/mol. The second-order valence-electron chi connectivity index (χ2n) is 5.23. The van der Waals surface area contributed by atoms with Crippen LogP contribution in [-0.2, 0) is 9.53 Å². The van der Waals surface area contributed by atoms with E-state index in [0.717, 1.165) is 12.8 Å². The fourth-order valence-electron chi connectivity index (χ4n) is 2.18. The first kappa shape index (κ1) is 15.8. The van der Waals surface area contributed by atoms with Crippen LogP contribution in [0.5, 0.6) is 0 Å². The summed E-state index contributed by atoms with van der Waals surface area (Å²) in [5.41, 5.74) is -1.04. The molecule has 2 unspecified atom stereocenters. The number of hydrogen-bond donors (Lipinski definition) is 2. The highest BCUT2D eigenvalue weighted by atomic mass is 16.5. The van der Waals surface area contributed by atoms with Crippen LogP contribution in [-0.4, -0.2) is 54.4 Å². The Morgan fingerprint density at radius 1 is 1.37 bits per heavy atom. The summed E-state index contributed by atoms with van der Waals surface area (Å²) in [5.74, 6) is -0.937. The van der Waals surface area contributed by atoms with E-state index in [0.29, 0.717) is 13.1 Å². The Labute approximate surface area is 114 Å². The summed E-state index contributed by atoms with van der Waals surface area (Å²) in [6, 6.07) is -0.680. The third-order valence-electron chi connectivity index (χ3n) is 3.52. The van der Waals surface area contributed by atoms with Crippen molar-refractivity contribution < 1.29 is 19.4 Å². The molecule has 19 heavy (non-hydrogen) atoms. The Hall–Kier alpha value is -1.30. The van der Waals surface area contributed by atoms with Gasteiger partial charge in [0.15, 0.2) is 0 Å². The van der Waals surface area contributed by atoms with Gasteiger partial charge in [0, 0.05) is 13.1 Å². The maximum Gasteiger partial charge on any atom is 0.317 e. The highest BCUT2D eigenvalue weighted by Crippen LogP contribution is 2.28. The van der Waals surface area contributed by atoms with Crippen LogP contribution in [0.15, 0.2) is 0 Å². The number of carboxylic acid groups (broad SMARTS) is 1. The van der Waals surface area contributed by atoms with Crippen molar-refractivity contribution in [2.45, 2.75) is 39.7 Å². The van der Waals surface area contributed by atoms with E-state index in [4.69, 9.17) is 4.74 Å². The van der Waals surface area contributed by atoms with E-state index < -0.39 is 17.4 Å². The molecule has 6 heteroatoms. The highest BCUT2D eigenvalue weighted by molar-refractivity contribution is 5.79. The summed E-state index contributed by atoms with van der Waals surface area (Å²) in [7, 11) is 0. The number of carbonyl (C=O) groups excluding carboxylic acids is 1. The molecule has 2 N–H and O–H groups in total. The minimum Gasteiger partial charge on any atom is -0.481 e. The number of nitrogens with zero attached hydrogens (tertiary/aromatic N) is 1. The van der Waals surface area contributed by atoms with E-state index in [1.165, 1.54) is 0 Å². The summed E-state index contributed by atoms with van der Waals surface area (Å²) in [6.07, 6.45) is 1.76. The van der Waals surface area contributed by atoms with Crippen molar-refractivity contribution in [1.29, 1.82) is 0 Å². The molecular weight excluding hydrogens is 248 g/mol. The fraction of sp³-hybridized carbons (Fsp3) is 0.846. The number of hydrogen-bond acceptors (Lipinski definition) is 3. The largest absolute Gasteiger partial charge is 0.481 e. The van der Waals surface area contributed by atoms with Crippen molar-refractivity contribution in [3.8, 4) is 0 Å². The van der Waals surface area contributed by atoms with Gasteiger partial charge in [0.2, 0.25) is 0 Å². The minimum absolute atomic E-state index is 0.134. The number of amides is 2. The van der Waals surface area contributed by atoms with Crippen LogP contribution in [0.1, 0.15) is 33.6 Å². The standard InChI is InChI=1S/C13H24N2O4/c1-4-6-15(7-5-2)12(18)14-10-8-19-9-13(10,3)11(16)17/h10H,4-9H2,1-3H3,(H,14,18)(H,16,17). The van der Waals surface area contributed by atoms with Crippen LogP contribution in [0.2, 0.25) is 0 Å². The van der Waals surface area contributed by atoms with Gasteiger partial charge in [0.05, 0.1) is 19.3 Å². The zero-order valence-electron chi connectivity index (χ0n) is 11.9. The van der Waals surface area contributed by atoms with Gasteiger partial charge >= 0.3 is 12.0 Å². The molecule has 0 spiro atoms. The van der Waals surface area contributed by atoms with Crippen molar-refractivity contribution in [1.82, 2.24) is 10.2 Å². The molecule has 6 nitrogen and oxygen atoms in total. The number of ether oxygens (including phenoxy) is 1. The molecule has 2 amide bonds. The summed E-state index contributed by atoms with van der Waals surface area (Å²) in [6.45, 7) is 7.37. The first-order valence-corrected chi connectivity index (χ1v) is 6.82. The second-order valence-corrected chi connectivity index (χ2v) is 5.23. The van der Waals surface area contributed by atoms with E-state index in [-0.39, 0.29) is 19.2 Å². The SMILES string of the molecule is CCCN(CCC)C(=O)NC1COCC1(C)C(=O)O. The van der Waals surface area contributed by atoms with Gasteiger partial charge in [0.25, 0.3) is 0 Å². The van der Waals surface area contributed by atoms with Gasteiger partial charge in [-0.05, 0) is 19.8 Å². The van der Waals surface area contributed by atoms with Crippen LogP contribution < -0.4 is 5.32 Å². The van der Waals surface area contributed by atoms with E-state index in [1.54, 1.807) is 11.8 Å². The van der Waals surface area contributed by atoms with Crippen LogP contribution in [0.25, 0.3) is 0 Å². The van der Waals surface area contributed by atoms with Gasteiger partial charge in [0.1, 0.15) is 5.41 Å². The topological polar surface area (TPSA) is 78.9 Å². The molecule has 2 atom stereocenters. The quantitative estimate of drug-likeness (QED) is 0.764. The van der Waals surface area contributed by atoms with Crippen LogP contribution >= 0.6 is 0 Å². The molecule has 1 aliphatic rings. The average Bonchev–Trinajstić information content (AvgIpc) is 2.72. The molecule has 110 valence electrons. The summed E-state index contributed by atoms with van der Waals surface area (Å²) >= 11 is 0. The Balaban J connectivity index is 2.66. The molecule has 0 aromatic heterocycles. The summed E-state index contributed by atoms with van der Waals surface area (Å²) < 4.78 is 5.22. The Morgan fingerprint density at radius 3 is 2.42 bits per heavy atom. The lowest BCUT2D eigenvalue weighted by Crippen LogP contribution is -2.53. The molecule has 1 saturated heterocycles. The maximum absolute atomic E-state index is 12.2. The van der Waals surface area contributed by atoms with Gasteiger partial charge < -0.3 is 20.1 Å². The predicted octanol–water partition coefficient (Wildman–Crippen LogP) is 1.31. The average molecular weight is 272 g/mol. The first-order chi connectivity index (χ1) is 8.95. The van der Waals surface area contributed by atoms with E-state index in [9.17, 15) is 14.7 Å². The normalized spacial score (nSPS) is 26.2. The molecular formula is C13H24N2O4. The Morgan fingerprint density at radius 2 is 1.95 bits per heavy atom. The number of rotatable bonds is 6. The number of urea groups is 1. The van der Waals surface area contributed by atoms with Crippen molar-refractivity contribution in [3.05, 3.63) is 0 Å². The van der Waals surface area contributed by atoms with Gasteiger partial charge in [-0.25, -0.2) is 4.79 Å². The van der Waals surface area contributed by atoms with Crippen molar-refractivity contribution >= 4 is 12.0 Å². The molecule has 1 fully saturated rings. The Bertz CT molecular complexity index is 329. The van der Waals surface area contributed by atoms with Crippen molar-refractivity contribution in [2.24, 2.45) is 5.41 Å². The molecule has 0 saturated carbocycles. The van der Waals surface area contributed by atoms with E-state index in [1.807, 2.05) is 13.8 Å². The first-order valence-electron chi connectivity index (χ1n) is 6.82. The lowest BCUT2D eigenvalue weighted by molar-refractivity contribution is -0.148. The monoisotopic (exact) mass is 272 g/mol. The van der Waals surface area contributed by atoms with Crippen molar-refractivity contribution in [2.75, 3.05) is 26.3 Å². The van der Waals surface area contributed by atoms with E-state index in [2.05, 4.69) is 5.32 Å². The molecule has 1 heterocycles. The lowest BCUT2D eigenvalue weighted by Gasteiger charge is -2.29. The van der Waals surface area contributed by atoms with Gasteiger partial charge in [-0.2, -0.15) is 0 Å². The van der Waals surface area contributed by atoms with Gasteiger partial charge in [-0.15, -0.1) is 0 Å². The third-order valence-corrected chi connectivity index (χ3v) is 3.52. The van der Waals surface area contributed by atoms with Crippen LogP contribution in [0, 0.1) is 5.41 Å². The summed E-state index contributed by atoms with van der Waals surface area (Å²) in [5, 5.41) is 12.1. The molecule has 0 aromatic rings. The lowest BCUT2D eigenvalue weighted by atomic mass is 9.85. The molecule has 0 radical (unpaired) electrons. The minimum atomic E-state index is -1.04. The Kier molecular flexibility index (Phi) is 5.60.